The Labute approximate surface area is 330 Å². The molecular formula is C24H38Ac2CoO16. The first kappa shape index (κ1) is 61.4. The van der Waals surface area contributed by atoms with Gasteiger partial charge < -0.3 is 61.3 Å². The van der Waals surface area contributed by atoms with Gasteiger partial charge in [-0.05, 0) is 48.5 Å². The van der Waals surface area contributed by atoms with E-state index in [4.69, 9.17) is 29.9 Å². The van der Waals surface area contributed by atoms with Gasteiger partial charge in [0.15, 0.2) is 0 Å². The second-order valence-corrected chi connectivity index (χ2v) is 6.30. The van der Waals surface area contributed by atoms with Crippen LogP contribution in [-0.2, 0) is 35.7 Å². The fourth-order valence-electron chi connectivity index (χ4n) is 2.16. The molecule has 2 aromatic carbocycles. The molecule has 0 aliphatic heterocycles. The number of esters is 4. The van der Waals surface area contributed by atoms with Crippen molar-refractivity contribution in [3.63, 3.8) is 0 Å². The Bertz CT molecular complexity index is 871. The van der Waals surface area contributed by atoms with Crippen molar-refractivity contribution in [2.24, 2.45) is 0 Å². The molecule has 0 heterocycles. The van der Waals surface area contributed by atoms with Crippen LogP contribution in [0.5, 0.6) is 0 Å². The number of rotatable bonds is 9. The molecule has 19 heteroatoms. The first-order valence-corrected chi connectivity index (χ1v) is 10.4. The van der Waals surface area contributed by atoms with Crippen LogP contribution in [0, 0.1) is 88.1 Å². The number of methoxy groups -OCH3 is 2. The van der Waals surface area contributed by atoms with Crippen molar-refractivity contribution >= 4 is 23.9 Å². The average molecular weight is 1100 g/mol. The molecule has 245 valence electrons. The van der Waals surface area contributed by atoms with Gasteiger partial charge in [0.05, 0.1) is 62.9 Å². The quantitative estimate of drug-likeness (QED) is 0.144. The summed E-state index contributed by atoms with van der Waals surface area (Å²) in [5, 5.41) is 32.3. The largest absolute Gasteiger partial charge is 0.465 e. The van der Waals surface area contributed by atoms with Crippen LogP contribution in [0.1, 0.15) is 41.4 Å². The topological polar surface area (TPSA) is 312 Å². The summed E-state index contributed by atoms with van der Waals surface area (Å²) in [6.07, 6.45) is 0. The van der Waals surface area contributed by atoms with Crippen molar-refractivity contribution < 1.29 is 185 Å². The van der Waals surface area contributed by atoms with Gasteiger partial charge in [0.2, 0.25) is 0 Å². The summed E-state index contributed by atoms with van der Waals surface area (Å²) in [5.74, 6) is -2.00. The van der Waals surface area contributed by atoms with E-state index in [1.165, 1.54) is 62.8 Å². The van der Waals surface area contributed by atoms with Gasteiger partial charge >= 0.3 is 23.9 Å². The van der Waals surface area contributed by atoms with E-state index in [9.17, 15) is 19.2 Å². The Morgan fingerprint density at radius 2 is 0.698 bits per heavy atom. The van der Waals surface area contributed by atoms with Gasteiger partial charge in [-0.2, -0.15) is 0 Å². The van der Waals surface area contributed by atoms with Gasteiger partial charge in [0.25, 0.3) is 0 Å². The summed E-state index contributed by atoms with van der Waals surface area (Å²) in [6, 6.07) is 11.8. The van der Waals surface area contributed by atoms with Crippen LogP contribution in [0.3, 0.4) is 0 Å². The number of hydrogen-bond acceptors (Lipinski definition) is 12. The van der Waals surface area contributed by atoms with E-state index >= 15 is 0 Å². The zero-order valence-electron chi connectivity index (χ0n) is 23.4. The average Bonchev–Trinajstić information content (AvgIpc) is 2.94. The second kappa shape index (κ2) is 39.4. The summed E-state index contributed by atoms with van der Waals surface area (Å²) in [4.78, 5) is 44.8. The Morgan fingerprint density at radius 1 is 0.488 bits per heavy atom. The van der Waals surface area contributed by atoms with E-state index in [0.29, 0.717) is 11.1 Å². The van der Waals surface area contributed by atoms with Gasteiger partial charge in [0.1, 0.15) is 13.2 Å². The fraction of sp³-hybridized carbons (Fsp3) is 0.333. The Kier molecular flexibility index (Phi) is 56.3. The molecule has 0 amide bonds. The number of carbonyl (C=O) groups is 4. The maximum atomic E-state index is 11.4. The van der Waals surface area contributed by atoms with Crippen molar-refractivity contribution in [3.8, 4) is 0 Å². The van der Waals surface area contributed by atoms with Crippen LogP contribution in [0.25, 0.3) is 0 Å². The first-order valence-electron chi connectivity index (χ1n) is 10.4. The molecule has 0 atom stereocenters. The number of carbonyl (C=O) groups excluding carboxylic acids is 4. The van der Waals surface area contributed by atoms with E-state index in [1.807, 2.05) is 0 Å². The van der Waals surface area contributed by atoms with Crippen molar-refractivity contribution in [2.45, 2.75) is 0 Å². The van der Waals surface area contributed by atoms with Gasteiger partial charge in [0, 0.05) is 105 Å². The smallest absolute Gasteiger partial charge is 0.338 e. The molecular weight excluding hydrogens is 1060 g/mol. The third-order valence-corrected chi connectivity index (χ3v) is 3.83. The number of ether oxygens (including phenoxy) is 4. The zero-order chi connectivity index (χ0) is 27.3. The summed E-state index contributed by atoms with van der Waals surface area (Å²) in [5.41, 5.74) is 1.37. The predicted molar refractivity (Wildman–Crippen MR) is 139 cm³/mol. The molecule has 0 fully saturated rings. The SMILES string of the molecule is COC(=O)c1ccc(C(=O)OC)cc1.O.O.O.O.O=C(OCCO)c1ccc(C(=O)OCCO)cc1.OCCO.[Ac].[Ac].[Co]. The molecule has 3 radical (unpaired) electrons. The second-order valence-electron chi connectivity index (χ2n) is 6.30. The van der Waals surface area contributed by atoms with Crippen molar-refractivity contribution in [3.05, 3.63) is 70.8 Å². The zero-order valence-corrected chi connectivity index (χ0v) is 33.9. The minimum Gasteiger partial charge on any atom is -0.465 e. The Morgan fingerprint density at radius 3 is 0.860 bits per heavy atom. The molecule has 0 saturated carbocycles. The molecule has 0 aliphatic rings. The van der Waals surface area contributed by atoms with E-state index in [2.05, 4.69) is 9.47 Å². The fourth-order valence-corrected chi connectivity index (χ4v) is 2.16. The van der Waals surface area contributed by atoms with E-state index < -0.39 is 23.9 Å². The van der Waals surface area contributed by atoms with Crippen LogP contribution in [0.4, 0.5) is 0 Å². The minimum absolute atomic E-state index is 0. The van der Waals surface area contributed by atoms with Gasteiger partial charge in [-0.25, -0.2) is 19.2 Å². The number of benzene rings is 2. The molecule has 16 nitrogen and oxygen atoms in total. The number of aliphatic hydroxyl groups excluding tert-OH is 4. The molecule has 0 bridgehead atoms. The predicted octanol–water partition coefficient (Wildman–Crippen LogP) is -3.09. The standard InChI is InChI=1S/C12H14O6.C10H10O4.C2H6O2.2Ac.Co.4H2O/c13-5-7-17-11(15)9-1-2-10(4-3-9)12(16)18-8-6-14;1-13-9(11)7-3-5-8(6-4-7)10(12)14-2;3-1-2-4;;;;;;;/h1-4,13-14H,5-8H2;3-6H,1-2H3;3-4H,1-2H2;;;;4*1H2. The Balaban J connectivity index is -0.0000000746. The van der Waals surface area contributed by atoms with Crippen molar-refractivity contribution in [1.82, 2.24) is 0 Å². The van der Waals surface area contributed by atoms with Gasteiger partial charge in [-0.1, -0.05) is 0 Å². The third-order valence-electron chi connectivity index (χ3n) is 3.83. The Hall–Kier alpha value is -0.610. The van der Waals surface area contributed by atoms with E-state index in [-0.39, 0.29) is 178 Å². The number of aliphatic hydroxyl groups is 4. The summed E-state index contributed by atoms with van der Waals surface area (Å²) in [6.45, 7) is -0.868. The molecule has 2 aromatic rings. The van der Waals surface area contributed by atoms with Crippen molar-refractivity contribution in [2.75, 3.05) is 53.9 Å². The maximum absolute atomic E-state index is 11.4. The normalized spacial score (nSPS) is 7.86. The van der Waals surface area contributed by atoms with E-state index in [0.717, 1.165) is 0 Å². The molecule has 0 aromatic heterocycles. The molecule has 12 N–H and O–H groups in total. The monoisotopic (exact) mass is 1100 g/mol. The summed E-state index contributed by atoms with van der Waals surface area (Å²) < 4.78 is 18.4. The molecule has 0 spiro atoms. The maximum Gasteiger partial charge on any atom is 0.338 e. The summed E-state index contributed by atoms with van der Waals surface area (Å²) in [7, 11) is 2.60. The molecule has 43 heavy (non-hydrogen) atoms. The van der Waals surface area contributed by atoms with Gasteiger partial charge in [-0.3, -0.25) is 0 Å². The summed E-state index contributed by atoms with van der Waals surface area (Å²) >= 11 is 0. The molecule has 0 saturated heterocycles. The van der Waals surface area contributed by atoms with E-state index in [1.54, 1.807) is 0 Å². The molecule has 0 unspecified atom stereocenters. The number of hydrogen-bond donors (Lipinski definition) is 4. The third kappa shape index (κ3) is 27.4. The molecule has 0 aliphatic carbocycles. The van der Waals surface area contributed by atoms with Crippen LogP contribution >= 0.6 is 0 Å². The van der Waals surface area contributed by atoms with Crippen LogP contribution < -0.4 is 0 Å². The van der Waals surface area contributed by atoms with Crippen LogP contribution in [-0.4, -0.2) is 120 Å². The van der Waals surface area contributed by atoms with Crippen molar-refractivity contribution in [1.29, 1.82) is 0 Å². The van der Waals surface area contributed by atoms with Crippen LogP contribution in [0.2, 0.25) is 0 Å². The molecule has 2 rings (SSSR count). The van der Waals surface area contributed by atoms with Gasteiger partial charge in [-0.15, -0.1) is 0 Å². The van der Waals surface area contributed by atoms with Crippen LogP contribution in [0.15, 0.2) is 48.5 Å². The first-order chi connectivity index (χ1) is 17.3. The minimum atomic E-state index is -0.570.